The SMILES string of the molecule is CCOc1cc(C=C(C#N)C(=O)OCCOC)ccc1OC(C)C. The van der Waals surface area contributed by atoms with Gasteiger partial charge < -0.3 is 18.9 Å². The number of ether oxygens (including phenoxy) is 4. The van der Waals surface area contributed by atoms with Gasteiger partial charge in [-0.05, 0) is 44.5 Å². The maximum atomic E-state index is 11.9. The molecule has 0 spiro atoms. The van der Waals surface area contributed by atoms with E-state index in [1.54, 1.807) is 18.2 Å². The Balaban J connectivity index is 3.00. The van der Waals surface area contributed by atoms with Crippen LogP contribution in [0, 0.1) is 11.3 Å². The third-order valence-electron chi connectivity index (χ3n) is 2.80. The van der Waals surface area contributed by atoms with Crippen molar-refractivity contribution in [2.75, 3.05) is 26.9 Å². The summed E-state index contributed by atoms with van der Waals surface area (Å²) in [6.45, 7) is 6.57. The maximum Gasteiger partial charge on any atom is 0.348 e. The van der Waals surface area contributed by atoms with Gasteiger partial charge in [-0.25, -0.2) is 4.79 Å². The lowest BCUT2D eigenvalue weighted by Gasteiger charge is -2.15. The number of methoxy groups -OCH3 is 1. The predicted octanol–water partition coefficient (Wildman–Crippen LogP) is 2.97. The number of benzene rings is 1. The summed E-state index contributed by atoms with van der Waals surface area (Å²) < 4.78 is 21.0. The van der Waals surface area contributed by atoms with Gasteiger partial charge in [0.2, 0.25) is 0 Å². The standard InChI is InChI=1S/C18H23NO5/c1-5-22-17-11-14(6-7-16(17)24-13(2)3)10-15(12-19)18(20)23-9-8-21-4/h6-7,10-11,13H,5,8-9H2,1-4H3. The molecule has 0 atom stereocenters. The van der Waals surface area contributed by atoms with Crippen LogP contribution in [0.4, 0.5) is 0 Å². The van der Waals surface area contributed by atoms with Crippen LogP contribution < -0.4 is 9.47 Å². The summed E-state index contributed by atoms with van der Waals surface area (Å²) in [7, 11) is 1.50. The Kier molecular flexibility index (Phi) is 8.37. The second-order valence-electron chi connectivity index (χ2n) is 5.10. The molecule has 0 radical (unpaired) electrons. The number of esters is 1. The highest BCUT2D eigenvalue weighted by Crippen LogP contribution is 2.30. The van der Waals surface area contributed by atoms with Gasteiger partial charge in [-0.2, -0.15) is 5.26 Å². The van der Waals surface area contributed by atoms with Crippen LogP contribution in [0.2, 0.25) is 0 Å². The summed E-state index contributed by atoms with van der Waals surface area (Å²) in [4.78, 5) is 11.9. The van der Waals surface area contributed by atoms with Crippen LogP contribution >= 0.6 is 0 Å². The van der Waals surface area contributed by atoms with Crippen molar-refractivity contribution < 1.29 is 23.7 Å². The molecule has 0 bridgehead atoms. The van der Waals surface area contributed by atoms with Crippen LogP contribution in [0.1, 0.15) is 26.3 Å². The van der Waals surface area contributed by atoms with Gasteiger partial charge in [0.25, 0.3) is 0 Å². The highest BCUT2D eigenvalue weighted by Gasteiger charge is 2.12. The molecule has 0 unspecified atom stereocenters. The van der Waals surface area contributed by atoms with Crippen LogP contribution in [0.15, 0.2) is 23.8 Å². The Bertz CT molecular complexity index is 616. The molecule has 24 heavy (non-hydrogen) atoms. The van der Waals surface area contributed by atoms with E-state index in [2.05, 4.69) is 0 Å². The Morgan fingerprint density at radius 2 is 2.04 bits per heavy atom. The topological polar surface area (TPSA) is 77.8 Å². The first kappa shape index (κ1) is 19.5. The van der Waals surface area contributed by atoms with E-state index in [0.717, 1.165) is 0 Å². The molecule has 0 aliphatic carbocycles. The van der Waals surface area contributed by atoms with Gasteiger partial charge in [-0.15, -0.1) is 0 Å². The molecule has 0 fully saturated rings. The Hall–Kier alpha value is -2.52. The van der Waals surface area contributed by atoms with Crippen molar-refractivity contribution in [1.82, 2.24) is 0 Å². The highest BCUT2D eigenvalue weighted by molar-refractivity contribution is 5.97. The zero-order valence-corrected chi connectivity index (χ0v) is 14.5. The fraction of sp³-hybridized carbons (Fsp3) is 0.444. The van der Waals surface area contributed by atoms with E-state index in [1.807, 2.05) is 26.8 Å². The summed E-state index contributed by atoms with van der Waals surface area (Å²) in [5, 5.41) is 9.15. The minimum Gasteiger partial charge on any atom is -0.490 e. The second kappa shape index (κ2) is 10.3. The number of carbonyl (C=O) groups excluding carboxylic acids is 1. The quantitative estimate of drug-likeness (QED) is 0.299. The molecule has 0 aliphatic rings. The average molecular weight is 333 g/mol. The molecule has 1 aromatic rings. The van der Waals surface area contributed by atoms with E-state index in [0.29, 0.717) is 23.7 Å². The zero-order chi connectivity index (χ0) is 17.9. The smallest absolute Gasteiger partial charge is 0.348 e. The molecule has 0 amide bonds. The summed E-state index contributed by atoms with van der Waals surface area (Å²) in [6.07, 6.45) is 1.47. The first-order valence-corrected chi connectivity index (χ1v) is 7.73. The molecule has 0 aliphatic heterocycles. The molecule has 6 heteroatoms. The first-order chi connectivity index (χ1) is 11.5. The monoisotopic (exact) mass is 333 g/mol. The van der Waals surface area contributed by atoms with Gasteiger partial charge in [0.05, 0.1) is 19.3 Å². The largest absolute Gasteiger partial charge is 0.490 e. The molecular formula is C18H23NO5. The predicted molar refractivity (Wildman–Crippen MR) is 89.8 cm³/mol. The van der Waals surface area contributed by atoms with E-state index >= 15 is 0 Å². The second-order valence-corrected chi connectivity index (χ2v) is 5.10. The van der Waals surface area contributed by atoms with E-state index in [-0.39, 0.29) is 24.9 Å². The van der Waals surface area contributed by atoms with Crippen molar-refractivity contribution in [2.45, 2.75) is 26.9 Å². The molecular weight excluding hydrogens is 310 g/mol. The van der Waals surface area contributed by atoms with E-state index in [4.69, 9.17) is 24.2 Å². The molecule has 0 N–H and O–H groups in total. The van der Waals surface area contributed by atoms with Gasteiger partial charge in [-0.1, -0.05) is 6.07 Å². The van der Waals surface area contributed by atoms with Crippen molar-refractivity contribution in [2.24, 2.45) is 0 Å². The molecule has 0 saturated heterocycles. The van der Waals surface area contributed by atoms with Crippen molar-refractivity contribution in [1.29, 1.82) is 5.26 Å². The number of hydrogen-bond acceptors (Lipinski definition) is 6. The van der Waals surface area contributed by atoms with E-state index in [1.165, 1.54) is 13.2 Å². The van der Waals surface area contributed by atoms with Gasteiger partial charge in [0, 0.05) is 7.11 Å². The van der Waals surface area contributed by atoms with E-state index in [9.17, 15) is 4.79 Å². The minimum atomic E-state index is -0.685. The molecule has 1 aromatic carbocycles. The van der Waals surface area contributed by atoms with Gasteiger partial charge in [0.1, 0.15) is 18.2 Å². The number of rotatable bonds is 9. The number of carbonyl (C=O) groups is 1. The Morgan fingerprint density at radius 1 is 1.29 bits per heavy atom. The number of nitriles is 1. The minimum absolute atomic E-state index is 0.0102. The fourth-order valence-electron chi connectivity index (χ4n) is 1.83. The van der Waals surface area contributed by atoms with Crippen molar-refractivity contribution >= 4 is 12.0 Å². The third kappa shape index (κ3) is 6.31. The normalized spacial score (nSPS) is 11.1. The van der Waals surface area contributed by atoms with Gasteiger partial charge in [-0.3, -0.25) is 0 Å². The summed E-state index contributed by atoms with van der Waals surface area (Å²) >= 11 is 0. The molecule has 0 heterocycles. The Labute approximate surface area is 142 Å². The fourth-order valence-corrected chi connectivity index (χ4v) is 1.83. The molecule has 1 rings (SSSR count). The van der Waals surface area contributed by atoms with Crippen molar-refractivity contribution in [3.8, 4) is 17.6 Å². The highest BCUT2D eigenvalue weighted by atomic mass is 16.6. The van der Waals surface area contributed by atoms with Crippen molar-refractivity contribution in [3.05, 3.63) is 29.3 Å². The first-order valence-electron chi connectivity index (χ1n) is 7.73. The lowest BCUT2D eigenvalue weighted by molar-refractivity contribution is -0.139. The lowest BCUT2D eigenvalue weighted by atomic mass is 10.1. The summed E-state index contributed by atoms with van der Waals surface area (Å²) in [5.41, 5.74) is 0.556. The molecule has 130 valence electrons. The van der Waals surface area contributed by atoms with E-state index < -0.39 is 5.97 Å². The van der Waals surface area contributed by atoms with Crippen LogP contribution in [0.5, 0.6) is 11.5 Å². The zero-order valence-electron chi connectivity index (χ0n) is 14.5. The van der Waals surface area contributed by atoms with Crippen molar-refractivity contribution in [3.63, 3.8) is 0 Å². The van der Waals surface area contributed by atoms with Crippen LogP contribution in [-0.2, 0) is 14.3 Å². The summed E-state index contributed by atoms with van der Waals surface area (Å²) in [5.74, 6) is 0.491. The van der Waals surface area contributed by atoms with Crippen LogP contribution in [-0.4, -0.2) is 39.0 Å². The maximum absolute atomic E-state index is 11.9. The van der Waals surface area contributed by atoms with Crippen LogP contribution in [0.25, 0.3) is 6.08 Å². The third-order valence-corrected chi connectivity index (χ3v) is 2.80. The number of nitrogens with zero attached hydrogens (tertiary/aromatic N) is 1. The van der Waals surface area contributed by atoms with Gasteiger partial charge >= 0.3 is 5.97 Å². The molecule has 6 nitrogen and oxygen atoms in total. The number of hydrogen-bond donors (Lipinski definition) is 0. The van der Waals surface area contributed by atoms with Gasteiger partial charge in [0.15, 0.2) is 11.5 Å². The van der Waals surface area contributed by atoms with Crippen LogP contribution in [0.3, 0.4) is 0 Å². The molecule has 0 saturated carbocycles. The lowest BCUT2D eigenvalue weighted by Crippen LogP contribution is -2.11. The average Bonchev–Trinajstić information content (AvgIpc) is 2.54. The molecule has 0 aromatic heterocycles. The summed E-state index contributed by atoms with van der Waals surface area (Å²) in [6, 6.07) is 7.07. The Morgan fingerprint density at radius 3 is 2.62 bits per heavy atom.